The fraction of sp³-hybridized carbons (Fsp3) is 0.136. The van der Waals surface area contributed by atoms with Crippen LogP contribution in [-0.4, -0.2) is 26.4 Å². The average Bonchev–Trinajstić information content (AvgIpc) is 2.75. The van der Waals surface area contributed by atoms with E-state index in [0.717, 1.165) is 23.3 Å². The van der Waals surface area contributed by atoms with E-state index in [-0.39, 0.29) is 32.6 Å². The highest BCUT2D eigenvalue weighted by Gasteiger charge is 2.22. The molecule has 0 aliphatic heterocycles. The molecule has 0 saturated carbocycles. The van der Waals surface area contributed by atoms with Crippen LogP contribution < -0.4 is 14.8 Å². The lowest BCUT2D eigenvalue weighted by Crippen LogP contribution is -2.17. The van der Waals surface area contributed by atoms with E-state index in [9.17, 15) is 23.3 Å². The first kappa shape index (κ1) is 24.0. The van der Waals surface area contributed by atoms with Gasteiger partial charge in [0.2, 0.25) is 0 Å². The maximum Gasteiger partial charge on any atom is 0.271 e. The van der Waals surface area contributed by atoms with Gasteiger partial charge in [0.05, 0.1) is 28.4 Å². The Labute approximate surface area is 195 Å². The van der Waals surface area contributed by atoms with Crippen molar-refractivity contribution in [3.8, 4) is 5.75 Å². The van der Waals surface area contributed by atoms with Gasteiger partial charge in [0.25, 0.3) is 21.6 Å². The number of carbonyl (C=O) groups excluding carboxylic acids is 1. The second kappa shape index (κ2) is 9.47. The first-order valence-corrected chi connectivity index (χ1v) is 11.4. The molecule has 1 amide bonds. The molecule has 9 nitrogen and oxygen atoms in total. The van der Waals surface area contributed by atoms with Crippen molar-refractivity contribution in [3.63, 3.8) is 0 Å². The van der Waals surface area contributed by atoms with Crippen molar-refractivity contribution < 1.29 is 22.9 Å². The number of non-ortho nitro benzene ring substituents is 1. The highest BCUT2D eigenvalue weighted by molar-refractivity contribution is 7.92. The number of ether oxygens (including phenoxy) is 1. The van der Waals surface area contributed by atoms with Crippen LogP contribution in [0.15, 0.2) is 59.5 Å². The van der Waals surface area contributed by atoms with Gasteiger partial charge in [-0.1, -0.05) is 29.3 Å². The molecule has 0 aromatic heterocycles. The van der Waals surface area contributed by atoms with E-state index in [1.807, 2.05) is 13.0 Å². The van der Waals surface area contributed by atoms with Gasteiger partial charge < -0.3 is 10.1 Å². The summed E-state index contributed by atoms with van der Waals surface area (Å²) in [5, 5.41) is 13.5. The number of carbonyl (C=O) groups is 1. The number of rotatable bonds is 7. The number of aryl methyl sites for hydroxylation is 2. The van der Waals surface area contributed by atoms with E-state index in [0.29, 0.717) is 5.69 Å². The van der Waals surface area contributed by atoms with Crippen LogP contribution in [-0.2, 0) is 10.0 Å². The third kappa shape index (κ3) is 5.41. The predicted octanol–water partition coefficient (Wildman–Crippen LogP) is 4.93. The fourth-order valence-electron chi connectivity index (χ4n) is 3.08. The topological polar surface area (TPSA) is 128 Å². The molecule has 0 bridgehead atoms. The molecule has 11 heteroatoms. The van der Waals surface area contributed by atoms with Gasteiger partial charge in [0.1, 0.15) is 10.6 Å². The van der Waals surface area contributed by atoms with Crippen molar-refractivity contribution >= 4 is 44.6 Å². The van der Waals surface area contributed by atoms with Crippen LogP contribution in [0.5, 0.6) is 5.75 Å². The Morgan fingerprint density at radius 3 is 2.39 bits per heavy atom. The molecule has 0 aliphatic rings. The summed E-state index contributed by atoms with van der Waals surface area (Å²) >= 11 is 6.13. The minimum Gasteiger partial charge on any atom is -0.495 e. The Morgan fingerprint density at radius 2 is 1.76 bits per heavy atom. The van der Waals surface area contributed by atoms with Gasteiger partial charge >= 0.3 is 0 Å². The van der Waals surface area contributed by atoms with E-state index >= 15 is 0 Å². The van der Waals surface area contributed by atoms with Crippen molar-refractivity contribution in [3.05, 3.63) is 86.4 Å². The normalized spacial score (nSPS) is 11.0. The standard InChI is InChI=1S/C22H20ClN3O6S/c1-13-4-8-18(14(2)10-13)25-33(30,31)21-11-15(5-7-17(21)23)22(27)24-19-12-16(26(28)29)6-9-20(19)32-3/h4-12,25H,1-3H3,(H,24,27). The smallest absolute Gasteiger partial charge is 0.271 e. The molecular weight excluding hydrogens is 470 g/mol. The fourth-order valence-corrected chi connectivity index (χ4v) is 4.74. The van der Waals surface area contributed by atoms with E-state index in [1.165, 1.54) is 31.4 Å². The predicted molar refractivity (Wildman–Crippen MR) is 126 cm³/mol. The molecule has 3 aromatic carbocycles. The lowest BCUT2D eigenvalue weighted by Gasteiger charge is -2.14. The number of sulfonamides is 1. The third-order valence-electron chi connectivity index (χ3n) is 4.75. The monoisotopic (exact) mass is 489 g/mol. The molecule has 0 radical (unpaired) electrons. The number of hydrogen-bond acceptors (Lipinski definition) is 6. The van der Waals surface area contributed by atoms with E-state index in [4.69, 9.17) is 16.3 Å². The Kier molecular flexibility index (Phi) is 6.89. The van der Waals surface area contributed by atoms with Crippen molar-refractivity contribution in [2.75, 3.05) is 17.1 Å². The lowest BCUT2D eigenvalue weighted by molar-refractivity contribution is -0.384. The Balaban J connectivity index is 1.93. The molecule has 0 heterocycles. The number of hydrogen-bond donors (Lipinski definition) is 2. The number of methoxy groups -OCH3 is 1. The van der Waals surface area contributed by atoms with Crippen LogP contribution in [0.2, 0.25) is 5.02 Å². The summed E-state index contributed by atoms with van der Waals surface area (Å²) in [6, 6.07) is 12.7. The van der Waals surface area contributed by atoms with E-state index in [2.05, 4.69) is 10.0 Å². The molecule has 0 saturated heterocycles. The SMILES string of the molecule is COc1ccc([N+](=O)[O-])cc1NC(=O)c1ccc(Cl)c(S(=O)(=O)Nc2ccc(C)cc2C)c1. The number of anilines is 2. The molecule has 2 N–H and O–H groups in total. The van der Waals surface area contributed by atoms with Crippen molar-refractivity contribution in [1.29, 1.82) is 0 Å². The molecule has 0 fully saturated rings. The van der Waals surface area contributed by atoms with Crippen molar-refractivity contribution in [2.45, 2.75) is 18.7 Å². The molecule has 0 unspecified atom stereocenters. The van der Waals surface area contributed by atoms with Crippen molar-refractivity contribution in [2.24, 2.45) is 0 Å². The van der Waals surface area contributed by atoms with Crippen LogP contribution in [0.4, 0.5) is 17.1 Å². The molecule has 0 spiro atoms. The zero-order chi connectivity index (χ0) is 24.3. The molecule has 0 atom stereocenters. The zero-order valence-electron chi connectivity index (χ0n) is 17.9. The highest BCUT2D eigenvalue weighted by atomic mass is 35.5. The molecule has 3 aromatic rings. The number of nitrogens with one attached hydrogen (secondary N) is 2. The first-order valence-electron chi connectivity index (χ1n) is 9.55. The minimum absolute atomic E-state index is 0.0195. The quantitative estimate of drug-likeness (QED) is 0.358. The summed E-state index contributed by atoms with van der Waals surface area (Å²) in [6.45, 7) is 3.66. The van der Waals surface area contributed by atoms with Crippen LogP contribution in [0, 0.1) is 24.0 Å². The summed E-state index contributed by atoms with van der Waals surface area (Å²) in [5.41, 5.74) is 1.87. The van der Waals surface area contributed by atoms with Gasteiger partial charge in [-0.25, -0.2) is 8.42 Å². The van der Waals surface area contributed by atoms with Crippen LogP contribution in [0.25, 0.3) is 0 Å². The van der Waals surface area contributed by atoms with Gasteiger partial charge in [0.15, 0.2) is 0 Å². The van der Waals surface area contributed by atoms with Gasteiger partial charge in [-0.05, 0) is 49.7 Å². The Morgan fingerprint density at radius 1 is 1.03 bits per heavy atom. The number of nitro benzene ring substituents is 1. The van der Waals surface area contributed by atoms with Gasteiger partial charge in [-0.2, -0.15) is 0 Å². The Bertz CT molecular complexity index is 1360. The second-order valence-electron chi connectivity index (χ2n) is 7.16. The summed E-state index contributed by atoms with van der Waals surface area (Å²) in [6.07, 6.45) is 0. The summed E-state index contributed by atoms with van der Waals surface area (Å²) in [7, 11) is -2.77. The molecule has 0 aliphatic carbocycles. The number of benzene rings is 3. The van der Waals surface area contributed by atoms with Gasteiger partial charge in [-0.3, -0.25) is 19.6 Å². The number of amides is 1. The van der Waals surface area contributed by atoms with Crippen LogP contribution >= 0.6 is 11.6 Å². The Hall–Kier alpha value is -3.63. The van der Waals surface area contributed by atoms with Crippen LogP contribution in [0.3, 0.4) is 0 Å². The molecule has 33 heavy (non-hydrogen) atoms. The average molecular weight is 490 g/mol. The summed E-state index contributed by atoms with van der Waals surface area (Å²) in [4.78, 5) is 23.0. The minimum atomic E-state index is -4.11. The molecule has 172 valence electrons. The number of halogens is 1. The molecule has 3 rings (SSSR count). The van der Waals surface area contributed by atoms with E-state index < -0.39 is 20.9 Å². The second-order valence-corrected chi connectivity index (χ2v) is 9.22. The number of nitrogens with zero attached hydrogens (tertiary/aromatic N) is 1. The maximum absolute atomic E-state index is 13.0. The number of nitro groups is 1. The lowest BCUT2D eigenvalue weighted by atomic mass is 10.1. The van der Waals surface area contributed by atoms with Crippen LogP contribution in [0.1, 0.15) is 21.5 Å². The van der Waals surface area contributed by atoms with Gasteiger partial charge in [-0.15, -0.1) is 0 Å². The summed E-state index contributed by atoms with van der Waals surface area (Å²) in [5.74, 6) is -0.499. The largest absolute Gasteiger partial charge is 0.495 e. The highest BCUT2D eigenvalue weighted by Crippen LogP contribution is 2.30. The van der Waals surface area contributed by atoms with E-state index in [1.54, 1.807) is 19.1 Å². The van der Waals surface area contributed by atoms with Crippen molar-refractivity contribution in [1.82, 2.24) is 0 Å². The zero-order valence-corrected chi connectivity index (χ0v) is 19.5. The molecular formula is C22H20ClN3O6S. The first-order chi connectivity index (χ1) is 15.5. The van der Waals surface area contributed by atoms with Gasteiger partial charge in [0, 0.05) is 17.7 Å². The maximum atomic E-state index is 13.0. The summed E-state index contributed by atoms with van der Waals surface area (Å²) < 4.78 is 33.6. The third-order valence-corrected chi connectivity index (χ3v) is 6.60.